The van der Waals surface area contributed by atoms with Crippen LogP contribution in [0.2, 0.25) is 0 Å². The minimum Gasteiger partial charge on any atom is -0.481 e. The highest BCUT2D eigenvalue weighted by molar-refractivity contribution is 7.13. The van der Waals surface area contributed by atoms with Crippen molar-refractivity contribution in [2.45, 2.75) is 32.6 Å². The van der Waals surface area contributed by atoms with E-state index in [1.165, 1.54) is 11.3 Å². The molecule has 1 aromatic heterocycles. The molecule has 4 N–H and O–H groups in total. The van der Waals surface area contributed by atoms with Crippen LogP contribution in [0, 0.1) is 5.92 Å². The molecule has 19 heavy (non-hydrogen) atoms. The van der Waals surface area contributed by atoms with Gasteiger partial charge in [0, 0.05) is 18.3 Å². The van der Waals surface area contributed by atoms with Gasteiger partial charge in [-0.2, -0.15) is 0 Å². The number of amides is 1. The van der Waals surface area contributed by atoms with Crippen molar-refractivity contribution in [1.82, 2.24) is 10.3 Å². The van der Waals surface area contributed by atoms with Gasteiger partial charge in [-0.3, -0.25) is 9.59 Å². The van der Waals surface area contributed by atoms with E-state index in [0.29, 0.717) is 23.8 Å². The molecule has 0 fully saturated rings. The summed E-state index contributed by atoms with van der Waals surface area (Å²) in [6.07, 6.45) is 1.82. The highest BCUT2D eigenvalue weighted by Gasteiger charge is 2.08. The second-order valence-corrected chi connectivity index (χ2v) is 5.42. The molecule has 0 radical (unpaired) electrons. The standard InChI is InChI=1S/C12H19N3O3S/c1-8(2-3-11(17)18)4-5-14-10(16)6-9-7-19-12(13)15-9/h7-8H,2-6H2,1H3,(H2,13,15)(H,14,16)(H,17,18). The van der Waals surface area contributed by atoms with Crippen LogP contribution in [-0.4, -0.2) is 28.5 Å². The lowest BCUT2D eigenvalue weighted by atomic mass is 10.0. The van der Waals surface area contributed by atoms with Crippen molar-refractivity contribution in [3.05, 3.63) is 11.1 Å². The van der Waals surface area contributed by atoms with Crippen molar-refractivity contribution in [3.63, 3.8) is 0 Å². The first-order valence-electron chi connectivity index (χ1n) is 6.15. The van der Waals surface area contributed by atoms with Crippen LogP contribution in [0.5, 0.6) is 0 Å². The Morgan fingerprint density at radius 3 is 2.84 bits per heavy atom. The van der Waals surface area contributed by atoms with E-state index in [9.17, 15) is 9.59 Å². The lowest BCUT2D eigenvalue weighted by Gasteiger charge is -2.10. The maximum Gasteiger partial charge on any atom is 0.303 e. The molecule has 0 saturated carbocycles. The molecule has 1 aromatic rings. The first-order chi connectivity index (χ1) is 8.97. The number of nitrogens with one attached hydrogen (secondary N) is 1. The molecule has 0 saturated heterocycles. The van der Waals surface area contributed by atoms with Gasteiger partial charge in [0.25, 0.3) is 0 Å². The number of nitrogen functional groups attached to an aromatic ring is 1. The smallest absolute Gasteiger partial charge is 0.303 e. The molecule has 0 bridgehead atoms. The Morgan fingerprint density at radius 1 is 1.53 bits per heavy atom. The Balaban J connectivity index is 2.15. The fourth-order valence-electron chi connectivity index (χ4n) is 1.60. The summed E-state index contributed by atoms with van der Waals surface area (Å²) in [5.74, 6) is -0.584. The zero-order chi connectivity index (χ0) is 14.3. The molecular formula is C12H19N3O3S. The summed E-state index contributed by atoms with van der Waals surface area (Å²) in [6, 6.07) is 0. The van der Waals surface area contributed by atoms with Gasteiger partial charge >= 0.3 is 5.97 Å². The third kappa shape index (κ3) is 6.76. The minimum absolute atomic E-state index is 0.0873. The van der Waals surface area contributed by atoms with Crippen LogP contribution < -0.4 is 11.1 Å². The SMILES string of the molecule is CC(CCNC(=O)Cc1csc(N)n1)CCC(=O)O. The average molecular weight is 285 g/mol. The van der Waals surface area contributed by atoms with Gasteiger partial charge in [0.2, 0.25) is 5.91 Å². The van der Waals surface area contributed by atoms with Crippen molar-refractivity contribution < 1.29 is 14.7 Å². The molecule has 0 aromatic carbocycles. The minimum atomic E-state index is -0.781. The van der Waals surface area contributed by atoms with Gasteiger partial charge in [-0.25, -0.2) is 4.98 Å². The van der Waals surface area contributed by atoms with Gasteiger partial charge in [-0.1, -0.05) is 6.92 Å². The highest BCUT2D eigenvalue weighted by Crippen LogP contribution is 2.11. The Morgan fingerprint density at radius 2 is 2.26 bits per heavy atom. The second kappa shape index (κ2) is 7.73. The molecule has 1 rings (SSSR count). The molecule has 7 heteroatoms. The fourth-order valence-corrected chi connectivity index (χ4v) is 2.17. The van der Waals surface area contributed by atoms with Crippen LogP contribution in [0.1, 0.15) is 31.9 Å². The number of rotatable bonds is 8. The summed E-state index contributed by atoms with van der Waals surface area (Å²) in [7, 11) is 0. The third-order valence-corrected chi connectivity index (χ3v) is 3.44. The van der Waals surface area contributed by atoms with Crippen molar-refractivity contribution in [2.75, 3.05) is 12.3 Å². The van der Waals surface area contributed by atoms with Crippen molar-refractivity contribution in [1.29, 1.82) is 0 Å². The quantitative estimate of drug-likeness (QED) is 0.667. The Kier molecular flexibility index (Phi) is 6.27. The number of aromatic nitrogens is 1. The predicted octanol–water partition coefficient (Wildman–Crippen LogP) is 1.27. The van der Waals surface area contributed by atoms with Crippen LogP contribution in [0.4, 0.5) is 5.13 Å². The number of anilines is 1. The monoisotopic (exact) mass is 285 g/mol. The van der Waals surface area contributed by atoms with Crippen LogP contribution >= 0.6 is 11.3 Å². The van der Waals surface area contributed by atoms with E-state index in [1.807, 2.05) is 6.92 Å². The number of nitrogens with two attached hydrogens (primary N) is 1. The molecular weight excluding hydrogens is 266 g/mol. The lowest BCUT2D eigenvalue weighted by Crippen LogP contribution is -2.27. The molecule has 1 atom stereocenters. The molecule has 0 aliphatic carbocycles. The van der Waals surface area contributed by atoms with Gasteiger partial charge in [-0.15, -0.1) is 11.3 Å². The summed E-state index contributed by atoms with van der Waals surface area (Å²) in [5, 5.41) is 13.6. The Labute approximate surface area is 116 Å². The van der Waals surface area contributed by atoms with Gasteiger partial charge in [-0.05, 0) is 18.8 Å². The van der Waals surface area contributed by atoms with Crippen LogP contribution in [0.3, 0.4) is 0 Å². The van der Waals surface area contributed by atoms with Gasteiger partial charge in [0.05, 0.1) is 12.1 Å². The number of nitrogens with zero attached hydrogens (tertiary/aromatic N) is 1. The predicted molar refractivity (Wildman–Crippen MR) is 73.9 cm³/mol. The lowest BCUT2D eigenvalue weighted by molar-refractivity contribution is -0.137. The normalized spacial score (nSPS) is 12.1. The van der Waals surface area contributed by atoms with E-state index in [0.717, 1.165) is 6.42 Å². The van der Waals surface area contributed by atoms with E-state index < -0.39 is 5.97 Å². The zero-order valence-corrected chi connectivity index (χ0v) is 11.7. The number of aliphatic carboxylic acids is 1. The van der Waals surface area contributed by atoms with Crippen LogP contribution in [-0.2, 0) is 16.0 Å². The summed E-state index contributed by atoms with van der Waals surface area (Å²) < 4.78 is 0. The van der Waals surface area contributed by atoms with Crippen molar-refractivity contribution >= 4 is 28.3 Å². The average Bonchev–Trinajstić information content (AvgIpc) is 2.72. The van der Waals surface area contributed by atoms with Gasteiger partial charge in [0.1, 0.15) is 0 Å². The summed E-state index contributed by atoms with van der Waals surface area (Å²) in [4.78, 5) is 26.0. The van der Waals surface area contributed by atoms with E-state index in [1.54, 1.807) is 5.38 Å². The Bertz CT molecular complexity index is 434. The molecule has 1 amide bonds. The summed E-state index contributed by atoms with van der Waals surface area (Å²) >= 11 is 1.32. The van der Waals surface area contributed by atoms with Crippen LogP contribution in [0.25, 0.3) is 0 Å². The molecule has 6 nitrogen and oxygen atoms in total. The van der Waals surface area contributed by atoms with E-state index in [4.69, 9.17) is 10.8 Å². The molecule has 1 unspecified atom stereocenters. The largest absolute Gasteiger partial charge is 0.481 e. The topological polar surface area (TPSA) is 105 Å². The number of carboxylic acids is 1. The number of hydrogen-bond acceptors (Lipinski definition) is 5. The first-order valence-corrected chi connectivity index (χ1v) is 7.03. The van der Waals surface area contributed by atoms with Crippen molar-refractivity contribution in [3.8, 4) is 0 Å². The number of carboxylic acid groups (broad SMARTS) is 1. The van der Waals surface area contributed by atoms with Gasteiger partial charge in [0.15, 0.2) is 5.13 Å². The fraction of sp³-hybridized carbons (Fsp3) is 0.583. The third-order valence-electron chi connectivity index (χ3n) is 2.72. The van der Waals surface area contributed by atoms with E-state index in [-0.39, 0.29) is 24.7 Å². The molecule has 106 valence electrons. The molecule has 0 aliphatic heterocycles. The van der Waals surface area contributed by atoms with E-state index in [2.05, 4.69) is 10.3 Å². The summed E-state index contributed by atoms with van der Waals surface area (Å²) in [6.45, 7) is 2.54. The van der Waals surface area contributed by atoms with Crippen LogP contribution in [0.15, 0.2) is 5.38 Å². The molecule has 1 heterocycles. The highest BCUT2D eigenvalue weighted by atomic mass is 32.1. The Hall–Kier alpha value is -1.63. The number of carbonyl (C=O) groups excluding carboxylic acids is 1. The maximum atomic E-state index is 11.6. The second-order valence-electron chi connectivity index (χ2n) is 4.53. The number of hydrogen-bond donors (Lipinski definition) is 3. The maximum absolute atomic E-state index is 11.6. The summed E-state index contributed by atoms with van der Waals surface area (Å²) in [5.41, 5.74) is 6.16. The number of thiazole rings is 1. The van der Waals surface area contributed by atoms with E-state index >= 15 is 0 Å². The molecule has 0 spiro atoms. The zero-order valence-electron chi connectivity index (χ0n) is 10.9. The van der Waals surface area contributed by atoms with Gasteiger partial charge < -0.3 is 16.2 Å². The molecule has 0 aliphatic rings. The number of carbonyl (C=O) groups is 2. The first kappa shape index (κ1) is 15.4. The van der Waals surface area contributed by atoms with Crippen molar-refractivity contribution in [2.24, 2.45) is 5.92 Å².